The van der Waals surface area contributed by atoms with Crippen LogP contribution in [0.3, 0.4) is 0 Å². The Balaban J connectivity index is 1.64. The van der Waals surface area contributed by atoms with Crippen molar-refractivity contribution >= 4 is 31.9 Å². The Morgan fingerprint density at radius 2 is 1.79 bits per heavy atom. The molecule has 6 nitrogen and oxygen atoms in total. The summed E-state index contributed by atoms with van der Waals surface area (Å²) in [7, 11) is -3.12. The van der Waals surface area contributed by atoms with Crippen molar-refractivity contribution in [2.75, 3.05) is 25.9 Å². The molecule has 0 radical (unpaired) electrons. The second-order valence-electron chi connectivity index (χ2n) is 7.41. The zero-order chi connectivity index (χ0) is 20.5. The largest absolute Gasteiger partial charge is 0.352 e. The highest BCUT2D eigenvalue weighted by atomic mass is 79.9. The number of sulfonamides is 1. The van der Waals surface area contributed by atoms with E-state index in [9.17, 15) is 13.2 Å². The second kappa shape index (κ2) is 8.39. The first kappa shape index (κ1) is 21.1. The zero-order valence-corrected chi connectivity index (χ0v) is 18.8. The predicted molar refractivity (Wildman–Crippen MR) is 114 cm³/mol. The van der Waals surface area contributed by atoms with E-state index < -0.39 is 10.0 Å². The maximum atomic E-state index is 12.7. The van der Waals surface area contributed by atoms with Gasteiger partial charge in [-0.25, -0.2) is 12.7 Å². The molecule has 8 heteroatoms. The quantitative estimate of drug-likeness (QED) is 0.733. The number of benzene rings is 1. The molecule has 0 atom stereocenters. The maximum Gasteiger partial charge on any atom is 0.253 e. The molecule has 2 heterocycles. The molecule has 28 heavy (non-hydrogen) atoms. The highest BCUT2D eigenvalue weighted by molar-refractivity contribution is 9.10. The molecule has 1 aliphatic heterocycles. The van der Waals surface area contributed by atoms with Crippen LogP contribution >= 0.6 is 15.9 Å². The number of aryl methyl sites for hydroxylation is 1. The molecule has 3 rings (SSSR count). The van der Waals surface area contributed by atoms with Crippen LogP contribution in [0.2, 0.25) is 0 Å². The Morgan fingerprint density at radius 1 is 1.18 bits per heavy atom. The van der Waals surface area contributed by atoms with Crippen LogP contribution in [0.15, 0.2) is 34.8 Å². The minimum atomic E-state index is -3.12. The molecule has 1 saturated heterocycles. The fraction of sp³-hybridized carbons (Fsp3) is 0.450. The van der Waals surface area contributed by atoms with Crippen LogP contribution in [0.4, 0.5) is 0 Å². The van der Waals surface area contributed by atoms with Gasteiger partial charge in [-0.05, 0) is 62.9 Å². The molecule has 1 aromatic carbocycles. The Hall–Kier alpha value is -1.64. The van der Waals surface area contributed by atoms with Crippen LogP contribution in [0, 0.1) is 19.8 Å². The lowest BCUT2D eigenvalue weighted by Gasteiger charge is -2.30. The number of nitrogens with one attached hydrogen (secondary N) is 1. The van der Waals surface area contributed by atoms with E-state index in [0.29, 0.717) is 31.1 Å². The second-order valence-corrected chi connectivity index (χ2v) is 10.3. The monoisotopic (exact) mass is 467 g/mol. The van der Waals surface area contributed by atoms with Gasteiger partial charge < -0.3 is 9.88 Å². The van der Waals surface area contributed by atoms with Crippen LogP contribution in [-0.2, 0) is 10.0 Å². The third kappa shape index (κ3) is 4.67. The molecular formula is C20H26BrN3O3S. The third-order valence-corrected chi connectivity index (χ3v) is 7.19. The van der Waals surface area contributed by atoms with Gasteiger partial charge in [0, 0.05) is 41.2 Å². The minimum absolute atomic E-state index is 0.0815. The summed E-state index contributed by atoms with van der Waals surface area (Å²) in [6.07, 6.45) is 2.78. The van der Waals surface area contributed by atoms with Gasteiger partial charge in [0.25, 0.3) is 5.91 Å². The maximum absolute atomic E-state index is 12.7. The SMILES string of the molecule is Cc1cc(C(=O)NCC2CCN(S(C)(=O)=O)CC2)c(C)n1-c1ccc(Br)cc1. The first-order valence-electron chi connectivity index (χ1n) is 9.35. The van der Waals surface area contributed by atoms with Crippen molar-refractivity contribution in [3.8, 4) is 5.69 Å². The van der Waals surface area contributed by atoms with Crippen molar-refractivity contribution in [2.24, 2.45) is 5.92 Å². The highest BCUT2D eigenvalue weighted by Crippen LogP contribution is 2.23. The average Bonchev–Trinajstić information content (AvgIpc) is 2.94. The molecule has 1 fully saturated rings. The normalized spacial score (nSPS) is 16.3. The summed E-state index contributed by atoms with van der Waals surface area (Å²) in [5.41, 5.74) is 3.61. The lowest BCUT2D eigenvalue weighted by molar-refractivity contribution is 0.0941. The molecule has 2 aromatic rings. The van der Waals surface area contributed by atoms with E-state index in [-0.39, 0.29) is 5.91 Å². The van der Waals surface area contributed by atoms with Crippen molar-refractivity contribution < 1.29 is 13.2 Å². The number of piperidine rings is 1. The van der Waals surface area contributed by atoms with Crippen LogP contribution < -0.4 is 5.32 Å². The highest BCUT2D eigenvalue weighted by Gasteiger charge is 2.25. The molecule has 1 aliphatic rings. The first-order valence-corrected chi connectivity index (χ1v) is 12.0. The number of hydrogen-bond donors (Lipinski definition) is 1. The molecule has 0 saturated carbocycles. The summed E-state index contributed by atoms with van der Waals surface area (Å²) in [6.45, 7) is 5.56. The molecular weight excluding hydrogens is 442 g/mol. The van der Waals surface area contributed by atoms with Gasteiger partial charge in [-0.15, -0.1) is 0 Å². The summed E-state index contributed by atoms with van der Waals surface area (Å²) in [5, 5.41) is 3.04. The molecule has 1 aromatic heterocycles. The minimum Gasteiger partial charge on any atom is -0.352 e. The number of amides is 1. The lowest BCUT2D eigenvalue weighted by Crippen LogP contribution is -2.41. The lowest BCUT2D eigenvalue weighted by atomic mass is 9.98. The van der Waals surface area contributed by atoms with E-state index in [1.54, 1.807) is 0 Å². The zero-order valence-electron chi connectivity index (χ0n) is 16.4. The van der Waals surface area contributed by atoms with Crippen LogP contribution in [0.25, 0.3) is 5.69 Å². The smallest absolute Gasteiger partial charge is 0.253 e. The van der Waals surface area contributed by atoms with Gasteiger partial charge in [-0.3, -0.25) is 4.79 Å². The number of aromatic nitrogens is 1. The van der Waals surface area contributed by atoms with E-state index >= 15 is 0 Å². The van der Waals surface area contributed by atoms with E-state index in [4.69, 9.17) is 0 Å². The van der Waals surface area contributed by atoms with Crippen molar-refractivity contribution in [3.63, 3.8) is 0 Å². The fourth-order valence-electron chi connectivity index (χ4n) is 3.76. The van der Waals surface area contributed by atoms with Crippen molar-refractivity contribution in [3.05, 3.63) is 51.8 Å². The van der Waals surface area contributed by atoms with Crippen LogP contribution in [0.1, 0.15) is 34.6 Å². The van der Waals surface area contributed by atoms with Gasteiger partial charge in [-0.2, -0.15) is 0 Å². The summed E-state index contributed by atoms with van der Waals surface area (Å²) in [4.78, 5) is 12.7. The van der Waals surface area contributed by atoms with Gasteiger partial charge in [0.05, 0.1) is 11.8 Å². The number of rotatable bonds is 5. The van der Waals surface area contributed by atoms with Crippen LogP contribution in [0.5, 0.6) is 0 Å². The van der Waals surface area contributed by atoms with Gasteiger partial charge >= 0.3 is 0 Å². The molecule has 0 spiro atoms. The Kier molecular flexibility index (Phi) is 6.31. The Morgan fingerprint density at radius 3 is 2.36 bits per heavy atom. The first-order chi connectivity index (χ1) is 13.2. The topological polar surface area (TPSA) is 71.4 Å². The van der Waals surface area contributed by atoms with E-state index in [1.807, 2.05) is 44.2 Å². The Bertz CT molecular complexity index is 959. The molecule has 152 valence electrons. The van der Waals surface area contributed by atoms with Gasteiger partial charge in [0.15, 0.2) is 0 Å². The van der Waals surface area contributed by atoms with Crippen molar-refractivity contribution in [1.29, 1.82) is 0 Å². The van der Waals surface area contributed by atoms with Gasteiger partial charge in [-0.1, -0.05) is 15.9 Å². The third-order valence-electron chi connectivity index (χ3n) is 5.35. The molecule has 0 bridgehead atoms. The predicted octanol–water partition coefficient (Wildman–Crippen LogP) is 3.26. The number of hydrogen-bond acceptors (Lipinski definition) is 3. The number of nitrogens with zero attached hydrogens (tertiary/aromatic N) is 2. The van der Waals surface area contributed by atoms with E-state index in [1.165, 1.54) is 10.6 Å². The summed E-state index contributed by atoms with van der Waals surface area (Å²) < 4.78 is 27.8. The van der Waals surface area contributed by atoms with Gasteiger partial charge in [0.2, 0.25) is 10.0 Å². The summed E-state index contributed by atoms with van der Waals surface area (Å²) >= 11 is 3.45. The van der Waals surface area contributed by atoms with E-state index in [0.717, 1.165) is 34.4 Å². The Labute approximate surface area is 175 Å². The summed E-state index contributed by atoms with van der Waals surface area (Å²) in [6, 6.07) is 9.91. The van der Waals surface area contributed by atoms with Crippen LogP contribution in [-0.4, -0.2) is 49.1 Å². The van der Waals surface area contributed by atoms with Crippen molar-refractivity contribution in [1.82, 2.24) is 14.2 Å². The molecule has 0 unspecified atom stereocenters. The molecule has 0 aliphatic carbocycles. The molecule has 1 N–H and O–H groups in total. The van der Waals surface area contributed by atoms with Gasteiger partial charge in [0.1, 0.15) is 0 Å². The van der Waals surface area contributed by atoms with Crippen molar-refractivity contribution in [2.45, 2.75) is 26.7 Å². The molecule has 1 amide bonds. The number of halogens is 1. The number of carbonyl (C=O) groups is 1. The number of carbonyl (C=O) groups excluding carboxylic acids is 1. The fourth-order valence-corrected chi connectivity index (χ4v) is 4.90. The standard InChI is InChI=1S/C20H26BrN3O3S/c1-14-12-19(15(2)24(14)18-6-4-17(21)5-7-18)20(25)22-13-16-8-10-23(11-9-16)28(3,26)27/h4-7,12,16H,8-11,13H2,1-3H3,(H,22,25). The average molecular weight is 468 g/mol. The summed E-state index contributed by atoms with van der Waals surface area (Å²) in [5.74, 6) is 0.221. The van der Waals surface area contributed by atoms with E-state index in [2.05, 4.69) is 25.8 Å².